The van der Waals surface area contributed by atoms with Gasteiger partial charge in [-0.25, -0.2) is 4.39 Å². The summed E-state index contributed by atoms with van der Waals surface area (Å²) in [4.78, 5) is 0. The van der Waals surface area contributed by atoms with Crippen LogP contribution < -0.4 is 10.1 Å². The lowest BCUT2D eigenvalue weighted by Crippen LogP contribution is -2.16. The summed E-state index contributed by atoms with van der Waals surface area (Å²) in [7, 11) is 1.70. The molecule has 0 amide bonds. The highest BCUT2D eigenvalue weighted by Gasteiger charge is 2.02. The standard InChI is InChI=1S/C18H22FNO2.ClH/c1-21-11-5-10-20-13-15-6-4-8-17(12-15)22-14-16-7-2-3-9-18(16)19;/h2-4,6-9,12,20H,5,10-11,13-14H2,1H3;1H. The Morgan fingerprint density at radius 2 is 1.91 bits per heavy atom. The van der Waals surface area contributed by atoms with Crippen molar-refractivity contribution < 1.29 is 13.9 Å². The van der Waals surface area contributed by atoms with Crippen LogP contribution in [0.5, 0.6) is 5.75 Å². The highest BCUT2D eigenvalue weighted by atomic mass is 35.5. The van der Waals surface area contributed by atoms with E-state index in [1.54, 1.807) is 19.2 Å². The highest BCUT2D eigenvalue weighted by molar-refractivity contribution is 5.85. The molecule has 0 saturated carbocycles. The van der Waals surface area contributed by atoms with E-state index in [1.807, 2.05) is 30.3 Å². The number of rotatable bonds is 9. The fourth-order valence-corrected chi connectivity index (χ4v) is 2.10. The van der Waals surface area contributed by atoms with Gasteiger partial charge in [0.15, 0.2) is 0 Å². The van der Waals surface area contributed by atoms with Crippen molar-refractivity contribution in [3.05, 3.63) is 65.5 Å². The second-order valence-corrected chi connectivity index (χ2v) is 5.05. The molecule has 2 rings (SSSR count). The zero-order valence-corrected chi connectivity index (χ0v) is 14.1. The van der Waals surface area contributed by atoms with Crippen molar-refractivity contribution in [1.82, 2.24) is 5.32 Å². The van der Waals surface area contributed by atoms with E-state index in [2.05, 4.69) is 5.32 Å². The summed E-state index contributed by atoms with van der Waals surface area (Å²) in [6, 6.07) is 14.5. The van der Waals surface area contributed by atoms with Gasteiger partial charge >= 0.3 is 0 Å². The van der Waals surface area contributed by atoms with Gasteiger partial charge < -0.3 is 14.8 Å². The third-order valence-corrected chi connectivity index (χ3v) is 3.28. The number of halogens is 2. The molecule has 23 heavy (non-hydrogen) atoms. The van der Waals surface area contributed by atoms with Crippen LogP contribution in [0.15, 0.2) is 48.5 Å². The minimum absolute atomic E-state index is 0. The van der Waals surface area contributed by atoms with Crippen LogP contribution in [-0.4, -0.2) is 20.3 Å². The number of hydrogen-bond donors (Lipinski definition) is 1. The predicted octanol–water partition coefficient (Wildman–Crippen LogP) is 3.95. The van der Waals surface area contributed by atoms with Crippen molar-refractivity contribution in [2.45, 2.75) is 19.6 Å². The molecule has 0 atom stereocenters. The van der Waals surface area contributed by atoms with Crippen molar-refractivity contribution in [3.8, 4) is 5.75 Å². The quantitative estimate of drug-likeness (QED) is 0.702. The molecule has 0 radical (unpaired) electrons. The lowest BCUT2D eigenvalue weighted by molar-refractivity contribution is 0.194. The monoisotopic (exact) mass is 339 g/mol. The molecule has 0 heterocycles. The molecule has 0 unspecified atom stereocenters. The summed E-state index contributed by atoms with van der Waals surface area (Å²) in [5, 5.41) is 3.35. The Morgan fingerprint density at radius 1 is 1.09 bits per heavy atom. The zero-order chi connectivity index (χ0) is 15.6. The lowest BCUT2D eigenvalue weighted by Gasteiger charge is -2.09. The van der Waals surface area contributed by atoms with E-state index in [0.29, 0.717) is 5.56 Å². The summed E-state index contributed by atoms with van der Waals surface area (Å²) in [6.07, 6.45) is 0.986. The maximum atomic E-state index is 13.5. The fraction of sp³-hybridized carbons (Fsp3) is 0.333. The van der Waals surface area contributed by atoms with Crippen LogP contribution in [0.3, 0.4) is 0 Å². The summed E-state index contributed by atoms with van der Waals surface area (Å²) >= 11 is 0. The normalized spacial score (nSPS) is 10.2. The van der Waals surface area contributed by atoms with Gasteiger partial charge in [-0.2, -0.15) is 0 Å². The van der Waals surface area contributed by atoms with E-state index >= 15 is 0 Å². The lowest BCUT2D eigenvalue weighted by atomic mass is 10.2. The van der Waals surface area contributed by atoms with Crippen molar-refractivity contribution in [2.24, 2.45) is 0 Å². The predicted molar refractivity (Wildman–Crippen MR) is 92.6 cm³/mol. The maximum absolute atomic E-state index is 13.5. The minimum Gasteiger partial charge on any atom is -0.489 e. The zero-order valence-electron chi connectivity index (χ0n) is 13.3. The Morgan fingerprint density at radius 3 is 2.70 bits per heavy atom. The van der Waals surface area contributed by atoms with Gasteiger partial charge in [0.2, 0.25) is 0 Å². The average Bonchev–Trinajstić information content (AvgIpc) is 2.54. The van der Waals surface area contributed by atoms with Gasteiger partial charge in [-0.3, -0.25) is 0 Å². The third kappa shape index (κ3) is 6.99. The molecule has 0 aliphatic heterocycles. The molecule has 0 bridgehead atoms. The van der Waals surface area contributed by atoms with Crippen LogP contribution in [0.25, 0.3) is 0 Å². The molecule has 2 aromatic carbocycles. The number of benzene rings is 2. The Balaban J connectivity index is 0.00000264. The second kappa shape index (κ2) is 11.0. The summed E-state index contributed by atoms with van der Waals surface area (Å²) in [5.74, 6) is 0.512. The van der Waals surface area contributed by atoms with Crippen molar-refractivity contribution >= 4 is 12.4 Å². The first-order chi connectivity index (χ1) is 10.8. The van der Waals surface area contributed by atoms with E-state index in [1.165, 1.54) is 6.07 Å². The van der Waals surface area contributed by atoms with Crippen LogP contribution in [0, 0.1) is 5.82 Å². The first kappa shape index (κ1) is 19.4. The van der Waals surface area contributed by atoms with Gasteiger partial charge in [-0.15, -0.1) is 12.4 Å². The smallest absolute Gasteiger partial charge is 0.129 e. The van der Waals surface area contributed by atoms with E-state index in [9.17, 15) is 4.39 Å². The Hall–Kier alpha value is -1.62. The maximum Gasteiger partial charge on any atom is 0.129 e. The fourth-order valence-electron chi connectivity index (χ4n) is 2.10. The average molecular weight is 340 g/mol. The number of methoxy groups -OCH3 is 1. The Bertz CT molecular complexity index is 580. The van der Waals surface area contributed by atoms with Gasteiger partial charge in [0.25, 0.3) is 0 Å². The Labute approximate surface area is 143 Å². The molecule has 3 nitrogen and oxygen atoms in total. The van der Waals surface area contributed by atoms with Crippen molar-refractivity contribution in [3.63, 3.8) is 0 Å². The van der Waals surface area contributed by atoms with Crippen LogP contribution in [0.2, 0.25) is 0 Å². The van der Waals surface area contributed by atoms with Crippen LogP contribution in [0.4, 0.5) is 4.39 Å². The van der Waals surface area contributed by atoms with Gasteiger partial charge in [0.1, 0.15) is 18.2 Å². The van der Waals surface area contributed by atoms with Crippen molar-refractivity contribution in [1.29, 1.82) is 0 Å². The van der Waals surface area contributed by atoms with E-state index in [-0.39, 0.29) is 24.8 Å². The van der Waals surface area contributed by atoms with Crippen molar-refractivity contribution in [2.75, 3.05) is 20.3 Å². The summed E-state index contributed by atoms with van der Waals surface area (Å²) in [5.41, 5.74) is 1.70. The van der Waals surface area contributed by atoms with Gasteiger partial charge in [0, 0.05) is 25.8 Å². The van der Waals surface area contributed by atoms with Crippen LogP contribution >= 0.6 is 12.4 Å². The van der Waals surface area contributed by atoms with E-state index < -0.39 is 0 Å². The van der Waals surface area contributed by atoms with Gasteiger partial charge in [-0.1, -0.05) is 30.3 Å². The van der Waals surface area contributed by atoms with Gasteiger partial charge in [0.05, 0.1) is 0 Å². The number of hydrogen-bond acceptors (Lipinski definition) is 3. The molecular formula is C18H23ClFNO2. The second-order valence-electron chi connectivity index (χ2n) is 5.05. The minimum atomic E-state index is -0.238. The van der Waals surface area contributed by atoms with Gasteiger partial charge in [-0.05, 0) is 36.7 Å². The summed E-state index contributed by atoms with van der Waals surface area (Å²) in [6.45, 7) is 2.69. The Kier molecular flexibility index (Phi) is 9.29. The van der Waals surface area contributed by atoms with Crippen LogP contribution in [-0.2, 0) is 17.9 Å². The summed E-state index contributed by atoms with van der Waals surface area (Å²) < 4.78 is 24.2. The molecule has 1 N–H and O–H groups in total. The molecule has 0 fully saturated rings. The third-order valence-electron chi connectivity index (χ3n) is 3.28. The molecule has 0 aromatic heterocycles. The van der Waals surface area contributed by atoms with E-state index in [4.69, 9.17) is 9.47 Å². The number of ether oxygens (including phenoxy) is 2. The molecule has 0 aliphatic carbocycles. The number of nitrogens with one attached hydrogen (secondary N) is 1. The first-order valence-electron chi connectivity index (χ1n) is 7.44. The first-order valence-corrected chi connectivity index (χ1v) is 7.44. The van der Waals surface area contributed by atoms with E-state index in [0.717, 1.165) is 37.4 Å². The molecule has 0 aliphatic rings. The highest BCUT2D eigenvalue weighted by Crippen LogP contribution is 2.16. The SMILES string of the molecule is COCCCNCc1cccc(OCc2ccccc2F)c1.Cl. The topological polar surface area (TPSA) is 30.5 Å². The molecule has 0 saturated heterocycles. The molecule has 5 heteroatoms. The molecular weight excluding hydrogens is 317 g/mol. The van der Waals surface area contributed by atoms with Crippen LogP contribution in [0.1, 0.15) is 17.5 Å². The molecule has 126 valence electrons. The molecule has 2 aromatic rings. The largest absolute Gasteiger partial charge is 0.489 e. The molecule has 0 spiro atoms.